The molecule has 1 fully saturated rings. The second-order valence-corrected chi connectivity index (χ2v) is 10.4. The zero-order valence-electron chi connectivity index (χ0n) is 18.7. The molecule has 174 valence electrons. The summed E-state index contributed by atoms with van der Waals surface area (Å²) in [5.74, 6) is -0.561. The Morgan fingerprint density at radius 1 is 1.00 bits per heavy atom. The first-order chi connectivity index (χ1) is 15.8. The summed E-state index contributed by atoms with van der Waals surface area (Å²) in [6.45, 7) is 5.08. The van der Waals surface area contributed by atoms with E-state index in [4.69, 9.17) is 0 Å². The molecule has 0 aliphatic carbocycles. The summed E-state index contributed by atoms with van der Waals surface area (Å²) < 4.78 is 42.1. The van der Waals surface area contributed by atoms with E-state index in [-0.39, 0.29) is 36.5 Å². The predicted octanol–water partition coefficient (Wildman–Crippen LogP) is 3.42. The number of nitrogens with zero attached hydrogens (tertiary/aromatic N) is 4. The molecular weight excluding hydrogens is 443 g/mol. The standard InChI is InChI=1S/C24H27FN4O3S/c1-18(2)23-22(16-26-29(23)21-10-8-20(25)9-11-21)24(30)27-12-14-28(15-13-27)33(31,32)17-19-6-4-3-5-7-19/h3-11,16,18H,12-15,17H2,1-2H3. The summed E-state index contributed by atoms with van der Waals surface area (Å²) in [7, 11) is -3.46. The van der Waals surface area contributed by atoms with Gasteiger partial charge in [-0.1, -0.05) is 44.2 Å². The molecule has 1 amide bonds. The molecule has 4 rings (SSSR count). The number of sulfonamides is 1. The maximum absolute atomic E-state index is 13.3. The monoisotopic (exact) mass is 470 g/mol. The van der Waals surface area contributed by atoms with Gasteiger partial charge in [0.25, 0.3) is 5.91 Å². The Labute approximate surface area is 193 Å². The van der Waals surface area contributed by atoms with Gasteiger partial charge in [0, 0.05) is 26.2 Å². The summed E-state index contributed by atoms with van der Waals surface area (Å²) >= 11 is 0. The Balaban J connectivity index is 1.48. The molecule has 1 saturated heterocycles. The van der Waals surface area contributed by atoms with Crippen molar-refractivity contribution >= 4 is 15.9 Å². The quantitative estimate of drug-likeness (QED) is 0.553. The topological polar surface area (TPSA) is 75.5 Å². The van der Waals surface area contributed by atoms with Crippen LogP contribution < -0.4 is 0 Å². The van der Waals surface area contributed by atoms with Gasteiger partial charge in [-0.15, -0.1) is 0 Å². The fourth-order valence-electron chi connectivity index (χ4n) is 4.08. The number of hydrogen-bond acceptors (Lipinski definition) is 4. The van der Waals surface area contributed by atoms with Crippen molar-refractivity contribution in [2.24, 2.45) is 0 Å². The zero-order valence-corrected chi connectivity index (χ0v) is 19.5. The van der Waals surface area contributed by atoms with E-state index >= 15 is 0 Å². The Bertz CT molecular complexity index is 1220. The highest BCUT2D eigenvalue weighted by molar-refractivity contribution is 7.88. The highest BCUT2D eigenvalue weighted by atomic mass is 32.2. The van der Waals surface area contributed by atoms with Crippen LogP contribution in [0.15, 0.2) is 60.8 Å². The van der Waals surface area contributed by atoms with Crippen molar-refractivity contribution in [2.45, 2.75) is 25.5 Å². The Morgan fingerprint density at radius 2 is 1.64 bits per heavy atom. The summed E-state index contributed by atoms with van der Waals surface area (Å²) in [4.78, 5) is 15.0. The van der Waals surface area contributed by atoms with Crippen LogP contribution >= 0.6 is 0 Å². The van der Waals surface area contributed by atoms with Gasteiger partial charge in [0.15, 0.2) is 0 Å². The van der Waals surface area contributed by atoms with E-state index in [2.05, 4.69) is 5.10 Å². The van der Waals surface area contributed by atoms with Gasteiger partial charge < -0.3 is 4.90 Å². The van der Waals surface area contributed by atoms with Gasteiger partial charge >= 0.3 is 0 Å². The van der Waals surface area contributed by atoms with Gasteiger partial charge in [-0.3, -0.25) is 4.79 Å². The average Bonchev–Trinajstić information content (AvgIpc) is 3.25. The molecule has 0 radical (unpaired) electrons. The van der Waals surface area contributed by atoms with E-state index < -0.39 is 10.0 Å². The number of benzene rings is 2. The lowest BCUT2D eigenvalue weighted by Crippen LogP contribution is -2.50. The van der Waals surface area contributed by atoms with Crippen LogP contribution in [0.1, 0.15) is 41.4 Å². The second-order valence-electron chi connectivity index (χ2n) is 8.42. The molecule has 9 heteroatoms. The summed E-state index contributed by atoms with van der Waals surface area (Å²) in [5.41, 5.74) is 2.64. The van der Waals surface area contributed by atoms with Crippen LogP contribution in [0.3, 0.4) is 0 Å². The van der Waals surface area contributed by atoms with Gasteiger partial charge in [0.05, 0.1) is 28.9 Å². The van der Waals surface area contributed by atoms with Crippen LogP contribution in [0.5, 0.6) is 0 Å². The summed E-state index contributed by atoms with van der Waals surface area (Å²) in [5, 5.41) is 4.39. The Morgan fingerprint density at radius 3 is 2.24 bits per heavy atom. The lowest BCUT2D eigenvalue weighted by molar-refractivity contribution is 0.0696. The molecule has 0 saturated carbocycles. The van der Waals surface area contributed by atoms with Gasteiger partial charge in [-0.05, 0) is 35.7 Å². The number of rotatable bonds is 6. The molecule has 1 aliphatic heterocycles. The number of amides is 1. The second kappa shape index (κ2) is 9.44. The molecule has 1 aromatic heterocycles. The molecule has 0 bridgehead atoms. The van der Waals surface area contributed by atoms with Crippen LogP contribution in [0.25, 0.3) is 5.69 Å². The van der Waals surface area contributed by atoms with Gasteiger partial charge in [-0.2, -0.15) is 9.40 Å². The van der Waals surface area contributed by atoms with Crippen molar-refractivity contribution in [3.05, 3.63) is 83.4 Å². The van der Waals surface area contributed by atoms with Crippen molar-refractivity contribution in [1.82, 2.24) is 19.0 Å². The number of carbonyl (C=O) groups is 1. The number of halogens is 1. The van der Waals surface area contributed by atoms with Crippen LogP contribution in [0.4, 0.5) is 4.39 Å². The predicted molar refractivity (Wildman–Crippen MR) is 124 cm³/mol. The minimum absolute atomic E-state index is 0.00374. The Hall–Kier alpha value is -3.04. The molecular formula is C24H27FN4O3S. The van der Waals surface area contributed by atoms with Crippen LogP contribution in [0, 0.1) is 5.82 Å². The maximum atomic E-state index is 13.3. The highest BCUT2D eigenvalue weighted by Gasteiger charge is 2.31. The van der Waals surface area contributed by atoms with Crippen molar-refractivity contribution < 1.29 is 17.6 Å². The van der Waals surface area contributed by atoms with Crippen molar-refractivity contribution in [2.75, 3.05) is 26.2 Å². The average molecular weight is 471 g/mol. The fourth-order valence-corrected chi connectivity index (χ4v) is 5.60. The smallest absolute Gasteiger partial charge is 0.257 e. The van der Waals surface area contributed by atoms with Crippen molar-refractivity contribution in [3.63, 3.8) is 0 Å². The van der Waals surface area contributed by atoms with E-state index in [0.717, 1.165) is 11.3 Å². The first-order valence-electron chi connectivity index (χ1n) is 10.9. The van der Waals surface area contributed by atoms with Crippen LogP contribution in [-0.2, 0) is 15.8 Å². The van der Waals surface area contributed by atoms with E-state index in [1.54, 1.807) is 40.0 Å². The zero-order chi connectivity index (χ0) is 23.6. The third-order valence-electron chi connectivity index (χ3n) is 5.77. The molecule has 0 spiro atoms. The third kappa shape index (κ3) is 4.99. The largest absolute Gasteiger partial charge is 0.336 e. The molecule has 2 aromatic carbocycles. The first-order valence-corrected chi connectivity index (χ1v) is 12.5. The first kappa shape index (κ1) is 23.1. The van der Waals surface area contributed by atoms with E-state index in [1.807, 2.05) is 32.0 Å². The summed E-state index contributed by atoms with van der Waals surface area (Å²) in [6, 6.07) is 15.0. The minimum Gasteiger partial charge on any atom is -0.336 e. The lowest BCUT2D eigenvalue weighted by atomic mass is 10.0. The van der Waals surface area contributed by atoms with Gasteiger partial charge in [0.1, 0.15) is 5.82 Å². The normalized spacial score (nSPS) is 15.2. The van der Waals surface area contributed by atoms with Gasteiger partial charge in [0.2, 0.25) is 10.0 Å². The minimum atomic E-state index is -3.46. The van der Waals surface area contributed by atoms with E-state index in [9.17, 15) is 17.6 Å². The number of hydrogen-bond donors (Lipinski definition) is 0. The molecule has 0 atom stereocenters. The maximum Gasteiger partial charge on any atom is 0.257 e. The number of carbonyl (C=O) groups excluding carboxylic acids is 1. The van der Waals surface area contributed by atoms with Crippen LogP contribution in [0.2, 0.25) is 0 Å². The molecule has 7 nitrogen and oxygen atoms in total. The Kier molecular flexibility index (Phi) is 6.62. The number of aromatic nitrogens is 2. The fraction of sp³-hybridized carbons (Fsp3) is 0.333. The SMILES string of the molecule is CC(C)c1c(C(=O)N2CCN(S(=O)(=O)Cc3ccccc3)CC2)cnn1-c1ccc(F)cc1. The molecule has 0 N–H and O–H groups in total. The summed E-state index contributed by atoms with van der Waals surface area (Å²) in [6.07, 6.45) is 1.54. The molecule has 2 heterocycles. The lowest BCUT2D eigenvalue weighted by Gasteiger charge is -2.34. The van der Waals surface area contributed by atoms with Crippen LogP contribution in [-0.4, -0.2) is 59.5 Å². The number of piperazine rings is 1. The van der Waals surface area contributed by atoms with Crippen molar-refractivity contribution in [3.8, 4) is 5.69 Å². The van der Waals surface area contributed by atoms with Crippen molar-refractivity contribution in [1.29, 1.82) is 0 Å². The van der Waals surface area contributed by atoms with E-state index in [1.165, 1.54) is 16.4 Å². The molecule has 0 unspecified atom stereocenters. The molecule has 33 heavy (non-hydrogen) atoms. The van der Waals surface area contributed by atoms with Gasteiger partial charge in [-0.25, -0.2) is 17.5 Å². The third-order valence-corrected chi connectivity index (χ3v) is 7.62. The molecule has 3 aromatic rings. The van der Waals surface area contributed by atoms with E-state index in [0.29, 0.717) is 24.3 Å². The highest BCUT2D eigenvalue weighted by Crippen LogP contribution is 2.25. The molecule has 1 aliphatic rings.